The van der Waals surface area contributed by atoms with E-state index in [2.05, 4.69) is 25.4 Å². The monoisotopic (exact) mass is 375 g/mol. The molecule has 3 aliphatic heterocycles. The lowest BCUT2D eigenvalue weighted by Gasteiger charge is -2.37. The van der Waals surface area contributed by atoms with Crippen LogP contribution in [0.4, 0.5) is 5.69 Å². The molecule has 142 valence electrons. The van der Waals surface area contributed by atoms with Crippen molar-refractivity contribution in [1.82, 2.24) is 20.1 Å². The molecular formula is C21H21N5O2. The molecule has 0 bridgehead atoms. The third kappa shape index (κ3) is 2.94. The molecule has 1 aromatic carbocycles. The van der Waals surface area contributed by atoms with Gasteiger partial charge in [0.2, 0.25) is 0 Å². The van der Waals surface area contributed by atoms with Crippen LogP contribution in [0.5, 0.6) is 0 Å². The van der Waals surface area contributed by atoms with E-state index >= 15 is 0 Å². The van der Waals surface area contributed by atoms with E-state index in [1.54, 1.807) is 12.4 Å². The van der Waals surface area contributed by atoms with E-state index in [1.807, 2.05) is 48.7 Å². The van der Waals surface area contributed by atoms with Gasteiger partial charge in [-0.2, -0.15) is 0 Å². The van der Waals surface area contributed by atoms with E-state index in [9.17, 15) is 4.79 Å². The average molecular weight is 375 g/mol. The predicted octanol–water partition coefficient (Wildman–Crippen LogP) is 1.99. The molecule has 3 aliphatic rings. The fourth-order valence-electron chi connectivity index (χ4n) is 3.84. The Hall–Kier alpha value is -3.16. The zero-order chi connectivity index (χ0) is 18.9. The predicted molar refractivity (Wildman–Crippen MR) is 107 cm³/mol. The van der Waals surface area contributed by atoms with Crippen LogP contribution in [0.3, 0.4) is 0 Å². The highest BCUT2D eigenvalue weighted by atomic mass is 16.5. The molecule has 1 amide bonds. The summed E-state index contributed by atoms with van der Waals surface area (Å²) in [6.07, 6.45) is 11.4. The third-order valence-electron chi connectivity index (χ3n) is 5.23. The molecule has 28 heavy (non-hydrogen) atoms. The number of fused-ring (bicyclic) bond motifs is 2. The van der Waals surface area contributed by atoms with Crippen molar-refractivity contribution in [3.8, 4) is 0 Å². The van der Waals surface area contributed by atoms with Crippen molar-refractivity contribution in [2.45, 2.75) is 6.29 Å². The second-order valence-electron chi connectivity index (χ2n) is 6.89. The fourth-order valence-corrected chi connectivity index (χ4v) is 3.84. The van der Waals surface area contributed by atoms with E-state index in [0.717, 1.165) is 35.2 Å². The van der Waals surface area contributed by atoms with Gasteiger partial charge in [-0.15, -0.1) is 0 Å². The number of anilines is 1. The van der Waals surface area contributed by atoms with Crippen molar-refractivity contribution in [2.75, 3.05) is 31.6 Å². The van der Waals surface area contributed by atoms with Crippen LogP contribution >= 0.6 is 0 Å². The zero-order valence-electron chi connectivity index (χ0n) is 15.3. The van der Waals surface area contributed by atoms with Crippen molar-refractivity contribution < 1.29 is 9.53 Å². The number of hydrogen-bond donors (Lipinski definition) is 2. The van der Waals surface area contributed by atoms with Gasteiger partial charge in [0, 0.05) is 48.1 Å². The van der Waals surface area contributed by atoms with Gasteiger partial charge in [0.25, 0.3) is 5.91 Å². The van der Waals surface area contributed by atoms with Gasteiger partial charge in [-0.1, -0.05) is 18.2 Å². The Kier molecular flexibility index (Phi) is 4.31. The maximum atomic E-state index is 13.2. The molecule has 0 spiro atoms. The number of nitrogens with one attached hydrogen (secondary N) is 2. The molecule has 1 unspecified atom stereocenters. The summed E-state index contributed by atoms with van der Waals surface area (Å²) in [5, 5.41) is 8.45. The fraction of sp³-hybridized carbons (Fsp3) is 0.238. The van der Waals surface area contributed by atoms with Crippen molar-refractivity contribution in [2.24, 2.45) is 0 Å². The Balaban J connectivity index is 1.43. The lowest BCUT2D eigenvalue weighted by atomic mass is 10.1. The van der Waals surface area contributed by atoms with Crippen molar-refractivity contribution in [3.63, 3.8) is 0 Å². The first-order valence-corrected chi connectivity index (χ1v) is 9.41. The Labute approximate surface area is 163 Å². The maximum absolute atomic E-state index is 13.2. The molecule has 7 nitrogen and oxygen atoms in total. The van der Waals surface area contributed by atoms with Gasteiger partial charge in [-0.25, -0.2) is 0 Å². The number of nitrogens with zero attached hydrogens (tertiary/aromatic N) is 3. The minimum atomic E-state index is -0.153. The zero-order valence-corrected chi connectivity index (χ0v) is 15.3. The summed E-state index contributed by atoms with van der Waals surface area (Å²) < 4.78 is 5.47. The molecule has 0 saturated carbocycles. The van der Waals surface area contributed by atoms with E-state index in [-0.39, 0.29) is 12.2 Å². The second-order valence-corrected chi connectivity index (χ2v) is 6.89. The maximum Gasteiger partial charge on any atom is 0.274 e. The van der Waals surface area contributed by atoms with Crippen LogP contribution in [-0.4, -0.2) is 53.3 Å². The van der Waals surface area contributed by atoms with Crippen molar-refractivity contribution >= 4 is 22.4 Å². The standard InChI is InChI=1S/C21H21N5O2/c27-20(23-17-5-3-4-15-14-22-8-7-16(15)17)19-18-6-1-2-9-26(18)21(24-19)25-10-12-28-13-11-25/h1-9,14,21,24H,10-13H2,(H,23,27). The molecule has 4 heterocycles. The van der Waals surface area contributed by atoms with Crippen molar-refractivity contribution in [3.05, 3.63) is 72.5 Å². The number of morpholine rings is 1. The number of benzene rings is 1. The number of hydrogen-bond acceptors (Lipinski definition) is 6. The van der Waals surface area contributed by atoms with Crippen LogP contribution in [0.1, 0.15) is 0 Å². The quantitative estimate of drug-likeness (QED) is 0.855. The smallest absolute Gasteiger partial charge is 0.274 e. The molecule has 0 aliphatic carbocycles. The minimum Gasteiger partial charge on any atom is -0.379 e. The topological polar surface area (TPSA) is 69.7 Å². The van der Waals surface area contributed by atoms with Crippen LogP contribution in [0.15, 0.2) is 72.5 Å². The van der Waals surface area contributed by atoms with Crippen LogP contribution in [-0.2, 0) is 9.53 Å². The molecule has 1 aromatic heterocycles. The molecule has 1 saturated heterocycles. The SMILES string of the molecule is O=C(Nc1cccc2cnccc12)C1=C2C=CC=CN2C(N2CCOCC2)N1. The molecule has 2 N–H and O–H groups in total. The molecule has 2 aromatic rings. The molecule has 1 atom stereocenters. The first-order chi connectivity index (χ1) is 13.8. The van der Waals surface area contributed by atoms with Gasteiger partial charge in [0.1, 0.15) is 5.70 Å². The summed E-state index contributed by atoms with van der Waals surface area (Å²) in [6.45, 7) is 3.05. The van der Waals surface area contributed by atoms with E-state index in [0.29, 0.717) is 18.9 Å². The lowest BCUT2D eigenvalue weighted by Crippen LogP contribution is -2.54. The molecule has 0 radical (unpaired) electrons. The number of pyridine rings is 1. The van der Waals surface area contributed by atoms with Gasteiger partial charge in [0.15, 0.2) is 6.29 Å². The van der Waals surface area contributed by atoms with Gasteiger partial charge in [0.05, 0.1) is 18.9 Å². The highest BCUT2D eigenvalue weighted by molar-refractivity contribution is 6.09. The van der Waals surface area contributed by atoms with Crippen molar-refractivity contribution in [1.29, 1.82) is 0 Å². The van der Waals surface area contributed by atoms with E-state index in [4.69, 9.17) is 4.74 Å². The van der Waals surface area contributed by atoms with E-state index in [1.165, 1.54) is 0 Å². The van der Waals surface area contributed by atoms with Gasteiger partial charge < -0.3 is 20.3 Å². The number of carbonyl (C=O) groups excluding carboxylic acids is 1. The van der Waals surface area contributed by atoms with Gasteiger partial charge in [-0.3, -0.25) is 14.7 Å². The summed E-state index contributed by atoms with van der Waals surface area (Å²) in [4.78, 5) is 21.7. The minimum absolute atomic E-state index is 0.0856. The molecular weight excluding hydrogens is 354 g/mol. The third-order valence-corrected chi connectivity index (χ3v) is 5.23. The number of aromatic nitrogens is 1. The van der Waals surface area contributed by atoms with Crippen LogP contribution in [0, 0.1) is 0 Å². The first kappa shape index (κ1) is 17.0. The Morgan fingerprint density at radius 1 is 1.21 bits per heavy atom. The molecule has 7 heteroatoms. The lowest BCUT2D eigenvalue weighted by molar-refractivity contribution is -0.113. The number of carbonyl (C=O) groups is 1. The normalized spacial score (nSPS) is 21.7. The number of allylic oxidation sites excluding steroid dienone is 3. The summed E-state index contributed by atoms with van der Waals surface area (Å²) in [5.41, 5.74) is 2.22. The highest BCUT2D eigenvalue weighted by Crippen LogP contribution is 2.29. The molecule has 5 rings (SSSR count). The Morgan fingerprint density at radius 2 is 2.11 bits per heavy atom. The molecule has 1 fully saturated rings. The summed E-state index contributed by atoms with van der Waals surface area (Å²) in [6, 6.07) is 7.73. The van der Waals surface area contributed by atoms with Crippen LogP contribution < -0.4 is 10.6 Å². The van der Waals surface area contributed by atoms with Gasteiger partial charge >= 0.3 is 0 Å². The second kappa shape index (κ2) is 7.10. The van der Waals surface area contributed by atoms with Gasteiger partial charge in [-0.05, 0) is 24.3 Å². The Bertz CT molecular complexity index is 1000. The summed E-state index contributed by atoms with van der Waals surface area (Å²) in [5.74, 6) is -0.153. The average Bonchev–Trinajstić information content (AvgIpc) is 3.15. The summed E-state index contributed by atoms with van der Waals surface area (Å²) in [7, 11) is 0. The van der Waals surface area contributed by atoms with Crippen LogP contribution in [0.25, 0.3) is 10.8 Å². The number of amides is 1. The van der Waals surface area contributed by atoms with E-state index < -0.39 is 0 Å². The van der Waals surface area contributed by atoms with Crippen LogP contribution in [0.2, 0.25) is 0 Å². The largest absolute Gasteiger partial charge is 0.379 e. The summed E-state index contributed by atoms with van der Waals surface area (Å²) >= 11 is 0. The first-order valence-electron chi connectivity index (χ1n) is 9.41. The number of ether oxygens (including phenoxy) is 1. The Morgan fingerprint density at radius 3 is 3.00 bits per heavy atom. The number of rotatable bonds is 3. The highest BCUT2D eigenvalue weighted by Gasteiger charge is 2.37.